The zero-order valence-corrected chi connectivity index (χ0v) is 11.8. The van der Waals surface area contributed by atoms with Gasteiger partial charge in [0.1, 0.15) is 0 Å². The normalized spacial score (nSPS) is 37.2. The molecule has 3 heteroatoms. The molecule has 0 bridgehead atoms. The first-order valence-corrected chi connectivity index (χ1v) is 7.83. The van der Waals surface area contributed by atoms with E-state index in [-0.39, 0.29) is 0 Å². The Labute approximate surface area is 111 Å². The Bertz CT molecular complexity index is 270. The van der Waals surface area contributed by atoms with E-state index in [2.05, 4.69) is 10.2 Å². The van der Waals surface area contributed by atoms with E-state index in [1.165, 1.54) is 71.0 Å². The summed E-state index contributed by atoms with van der Waals surface area (Å²) >= 11 is 0. The summed E-state index contributed by atoms with van der Waals surface area (Å²) in [6.45, 7) is 3.79. The smallest absolute Gasteiger partial charge is 0.0601 e. The molecule has 104 valence electrons. The standard InChI is InChI=1S/C15H28N2O/c1-18-14-10-13(11-14)17-9-5-8-16-15(12-17)6-3-2-4-7-15/h13-14,16H,2-12H2,1H3. The third-order valence-corrected chi connectivity index (χ3v) is 5.36. The summed E-state index contributed by atoms with van der Waals surface area (Å²) in [7, 11) is 1.85. The Morgan fingerprint density at radius 3 is 2.61 bits per heavy atom. The van der Waals surface area contributed by atoms with E-state index >= 15 is 0 Å². The van der Waals surface area contributed by atoms with Crippen LogP contribution in [0.5, 0.6) is 0 Å². The van der Waals surface area contributed by atoms with Crippen LogP contribution in [0.4, 0.5) is 0 Å². The van der Waals surface area contributed by atoms with Gasteiger partial charge in [0.2, 0.25) is 0 Å². The van der Waals surface area contributed by atoms with Gasteiger partial charge in [0.05, 0.1) is 6.10 Å². The van der Waals surface area contributed by atoms with Gasteiger partial charge in [-0.05, 0) is 45.2 Å². The summed E-state index contributed by atoms with van der Waals surface area (Å²) < 4.78 is 5.43. The van der Waals surface area contributed by atoms with Crippen molar-refractivity contribution in [2.24, 2.45) is 0 Å². The molecule has 0 radical (unpaired) electrons. The van der Waals surface area contributed by atoms with Crippen molar-refractivity contribution in [1.82, 2.24) is 10.2 Å². The lowest BCUT2D eigenvalue weighted by atomic mass is 9.80. The largest absolute Gasteiger partial charge is 0.381 e. The monoisotopic (exact) mass is 252 g/mol. The van der Waals surface area contributed by atoms with Gasteiger partial charge in [0.25, 0.3) is 0 Å². The number of ether oxygens (including phenoxy) is 1. The average Bonchev–Trinajstić information content (AvgIpc) is 2.52. The van der Waals surface area contributed by atoms with Crippen LogP contribution in [0.1, 0.15) is 51.4 Å². The zero-order chi connectivity index (χ0) is 12.4. The molecule has 0 unspecified atom stereocenters. The fraction of sp³-hybridized carbons (Fsp3) is 1.00. The van der Waals surface area contributed by atoms with E-state index < -0.39 is 0 Å². The van der Waals surface area contributed by atoms with Gasteiger partial charge >= 0.3 is 0 Å². The highest BCUT2D eigenvalue weighted by Crippen LogP contribution is 2.34. The first kappa shape index (κ1) is 12.9. The van der Waals surface area contributed by atoms with E-state index in [0.29, 0.717) is 11.6 Å². The SMILES string of the molecule is COC1CC(N2CCCNC3(CCCCC3)C2)C1. The molecule has 18 heavy (non-hydrogen) atoms. The highest BCUT2D eigenvalue weighted by Gasteiger charge is 2.40. The van der Waals surface area contributed by atoms with Crippen LogP contribution >= 0.6 is 0 Å². The molecule has 0 aromatic carbocycles. The van der Waals surface area contributed by atoms with Crippen molar-refractivity contribution in [3.63, 3.8) is 0 Å². The molecule has 1 aliphatic heterocycles. The Balaban J connectivity index is 1.60. The van der Waals surface area contributed by atoms with Crippen LogP contribution < -0.4 is 5.32 Å². The van der Waals surface area contributed by atoms with Crippen LogP contribution in [0, 0.1) is 0 Å². The predicted octanol–water partition coefficient (Wildman–Crippen LogP) is 2.16. The van der Waals surface area contributed by atoms with Gasteiger partial charge in [-0.15, -0.1) is 0 Å². The molecule has 0 aromatic rings. The molecule has 1 N–H and O–H groups in total. The van der Waals surface area contributed by atoms with E-state index in [1.807, 2.05) is 7.11 Å². The maximum absolute atomic E-state index is 5.43. The number of nitrogens with zero attached hydrogens (tertiary/aromatic N) is 1. The lowest BCUT2D eigenvalue weighted by Gasteiger charge is -2.46. The number of methoxy groups -OCH3 is 1. The Hall–Kier alpha value is -0.120. The minimum absolute atomic E-state index is 0.451. The highest BCUT2D eigenvalue weighted by atomic mass is 16.5. The molecule has 3 fully saturated rings. The average molecular weight is 252 g/mol. The van der Waals surface area contributed by atoms with E-state index in [9.17, 15) is 0 Å². The third-order valence-electron chi connectivity index (χ3n) is 5.36. The van der Waals surface area contributed by atoms with Gasteiger partial charge in [0.15, 0.2) is 0 Å². The highest BCUT2D eigenvalue weighted by molar-refractivity contribution is 4.99. The van der Waals surface area contributed by atoms with Crippen molar-refractivity contribution in [3.8, 4) is 0 Å². The minimum atomic E-state index is 0.451. The Kier molecular flexibility index (Phi) is 3.92. The maximum Gasteiger partial charge on any atom is 0.0601 e. The number of nitrogens with one attached hydrogen (secondary N) is 1. The molecule has 1 heterocycles. The second kappa shape index (κ2) is 5.48. The van der Waals surface area contributed by atoms with Crippen molar-refractivity contribution in [3.05, 3.63) is 0 Å². The van der Waals surface area contributed by atoms with E-state index in [0.717, 1.165) is 6.04 Å². The summed E-state index contributed by atoms with van der Waals surface area (Å²) in [5.41, 5.74) is 0.451. The molecule has 0 aromatic heterocycles. The molecule has 3 rings (SSSR count). The summed E-state index contributed by atoms with van der Waals surface area (Å²) in [6, 6.07) is 0.800. The van der Waals surface area contributed by atoms with Crippen molar-refractivity contribution < 1.29 is 4.74 Å². The zero-order valence-electron chi connectivity index (χ0n) is 11.8. The summed E-state index contributed by atoms with van der Waals surface area (Å²) in [5, 5.41) is 3.88. The molecular weight excluding hydrogens is 224 g/mol. The van der Waals surface area contributed by atoms with Crippen LogP contribution in [0.2, 0.25) is 0 Å². The van der Waals surface area contributed by atoms with Crippen molar-refractivity contribution in [2.45, 2.75) is 69.1 Å². The van der Waals surface area contributed by atoms with Gasteiger partial charge in [0, 0.05) is 25.2 Å². The van der Waals surface area contributed by atoms with E-state index in [4.69, 9.17) is 4.74 Å². The van der Waals surface area contributed by atoms with Crippen molar-refractivity contribution in [1.29, 1.82) is 0 Å². The first-order chi connectivity index (χ1) is 8.81. The second-order valence-corrected chi connectivity index (χ2v) is 6.57. The lowest BCUT2D eigenvalue weighted by molar-refractivity contribution is -0.0335. The maximum atomic E-state index is 5.43. The number of hydrogen-bond acceptors (Lipinski definition) is 3. The topological polar surface area (TPSA) is 24.5 Å². The van der Waals surface area contributed by atoms with Gasteiger partial charge in [-0.1, -0.05) is 19.3 Å². The van der Waals surface area contributed by atoms with Gasteiger partial charge in [-0.25, -0.2) is 0 Å². The summed E-state index contributed by atoms with van der Waals surface area (Å²) in [5.74, 6) is 0. The van der Waals surface area contributed by atoms with Crippen LogP contribution in [0.3, 0.4) is 0 Å². The van der Waals surface area contributed by atoms with Crippen molar-refractivity contribution in [2.75, 3.05) is 26.7 Å². The minimum Gasteiger partial charge on any atom is -0.381 e. The quantitative estimate of drug-likeness (QED) is 0.815. The molecule has 2 saturated carbocycles. The molecular formula is C15H28N2O. The molecule has 3 nitrogen and oxygen atoms in total. The molecule has 3 aliphatic rings. The molecule has 1 saturated heterocycles. The van der Waals surface area contributed by atoms with Crippen LogP contribution in [0.25, 0.3) is 0 Å². The molecule has 0 amide bonds. The van der Waals surface area contributed by atoms with Gasteiger partial charge in [-0.3, -0.25) is 4.90 Å². The first-order valence-electron chi connectivity index (χ1n) is 7.83. The van der Waals surface area contributed by atoms with Crippen LogP contribution in [-0.4, -0.2) is 49.3 Å². The Morgan fingerprint density at radius 2 is 1.89 bits per heavy atom. The molecule has 0 atom stereocenters. The fourth-order valence-corrected chi connectivity index (χ4v) is 4.06. The molecule has 1 spiro atoms. The predicted molar refractivity (Wildman–Crippen MR) is 73.8 cm³/mol. The summed E-state index contributed by atoms with van der Waals surface area (Å²) in [4.78, 5) is 2.76. The fourth-order valence-electron chi connectivity index (χ4n) is 4.06. The second-order valence-electron chi connectivity index (χ2n) is 6.57. The molecule has 2 aliphatic carbocycles. The third kappa shape index (κ3) is 2.59. The number of hydrogen-bond donors (Lipinski definition) is 1. The number of rotatable bonds is 2. The van der Waals surface area contributed by atoms with Gasteiger partial charge < -0.3 is 10.1 Å². The van der Waals surface area contributed by atoms with Crippen LogP contribution in [-0.2, 0) is 4.74 Å². The van der Waals surface area contributed by atoms with Crippen molar-refractivity contribution >= 4 is 0 Å². The Morgan fingerprint density at radius 1 is 1.11 bits per heavy atom. The summed E-state index contributed by atoms with van der Waals surface area (Å²) in [6.07, 6.45) is 11.4. The lowest BCUT2D eigenvalue weighted by Crippen LogP contribution is -2.57. The van der Waals surface area contributed by atoms with Gasteiger partial charge in [-0.2, -0.15) is 0 Å². The van der Waals surface area contributed by atoms with E-state index in [1.54, 1.807) is 0 Å². The van der Waals surface area contributed by atoms with Crippen LogP contribution in [0.15, 0.2) is 0 Å².